The Balaban J connectivity index is 1.97. The molecule has 1 saturated heterocycles. The molecule has 1 aliphatic heterocycles. The van der Waals surface area contributed by atoms with Gasteiger partial charge in [0.05, 0.1) is 11.2 Å². The summed E-state index contributed by atoms with van der Waals surface area (Å²) in [6.07, 6.45) is -0.782. The third kappa shape index (κ3) is 4.17. The van der Waals surface area contributed by atoms with Gasteiger partial charge in [-0.3, -0.25) is 4.79 Å². The molecule has 0 aromatic heterocycles. The normalized spacial score (nSPS) is 20.0. The largest absolute Gasteiger partial charge is 0.494 e. The van der Waals surface area contributed by atoms with Crippen molar-refractivity contribution in [2.75, 3.05) is 6.54 Å². The Morgan fingerprint density at radius 2 is 1.71 bits per heavy atom. The zero-order chi connectivity index (χ0) is 18.0. The van der Waals surface area contributed by atoms with Gasteiger partial charge in [0.2, 0.25) is 5.91 Å². The van der Waals surface area contributed by atoms with Gasteiger partial charge in [-0.05, 0) is 52.1 Å². The summed E-state index contributed by atoms with van der Waals surface area (Å²) in [5.74, 6) is -0.117. The fraction of sp³-hybridized carbons (Fsp3) is 0.611. The molecule has 1 heterocycles. The summed E-state index contributed by atoms with van der Waals surface area (Å²) >= 11 is 0. The second kappa shape index (κ2) is 7.24. The van der Waals surface area contributed by atoms with Crippen LogP contribution in [0.1, 0.15) is 59.2 Å². The van der Waals surface area contributed by atoms with E-state index in [1.54, 1.807) is 12.1 Å². The van der Waals surface area contributed by atoms with Crippen LogP contribution in [-0.2, 0) is 14.1 Å². The molecule has 1 fully saturated rings. The first kappa shape index (κ1) is 18.9. The summed E-state index contributed by atoms with van der Waals surface area (Å²) in [5, 5.41) is 2.68. The Bertz CT molecular complexity index is 558. The van der Waals surface area contributed by atoms with Crippen LogP contribution in [0.4, 0.5) is 4.39 Å². The van der Waals surface area contributed by atoms with Gasteiger partial charge in [-0.15, -0.1) is 0 Å². The minimum absolute atomic E-state index is 0.117. The first-order valence-electron chi connectivity index (χ1n) is 8.52. The quantitative estimate of drug-likeness (QED) is 0.813. The van der Waals surface area contributed by atoms with Crippen molar-refractivity contribution in [3.05, 3.63) is 29.8 Å². The molecule has 4 nitrogen and oxygen atoms in total. The third-order valence-corrected chi connectivity index (χ3v) is 4.82. The summed E-state index contributed by atoms with van der Waals surface area (Å²) in [4.78, 5) is 11.4. The van der Waals surface area contributed by atoms with E-state index in [4.69, 9.17) is 9.31 Å². The number of rotatable bonds is 6. The highest BCUT2D eigenvalue weighted by Crippen LogP contribution is 2.36. The van der Waals surface area contributed by atoms with Crippen LogP contribution >= 0.6 is 0 Å². The molecule has 1 aromatic carbocycles. The SMILES string of the molecule is CCNC(=O)CC[C@@H](F)c1ccc(B2OC(C)(C)C(C)(C)O2)cc1. The summed E-state index contributed by atoms with van der Waals surface area (Å²) in [6, 6.07) is 7.14. The fourth-order valence-electron chi connectivity index (χ4n) is 2.55. The number of carbonyl (C=O) groups excluding carboxylic acids is 1. The van der Waals surface area contributed by atoms with Crippen LogP contribution in [-0.4, -0.2) is 30.8 Å². The zero-order valence-electron chi connectivity index (χ0n) is 15.2. The van der Waals surface area contributed by atoms with Crippen molar-refractivity contribution in [2.24, 2.45) is 0 Å². The molecule has 0 spiro atoms. The lowest BCUT2D eigenvalue weighted by Gasteiger charge is -2.32. The van der Waals surface area contributed by atoms with E-state index >= 15 is 0 Å². The number of benzene rings is 1. The maximum atomic E-state index is 14.2. The predicted octanol–water partition coefficient (Wildman–Crippen LogP) is 2.91. The summed E-state index contributed by atoms with van der Waals surface area (Å²) < 4.78 is 26.2. The van der Waals surface area contributed by atoms with Crippen LogP contribution in [0.5, 0.6) is 0 Å². The Morgan fingerprint density at radius 3 is 2.21 bits per heavy atom. The molecule has 6 heteroatoms. The summed E-state index contributed by atoms with van der Waals surface area (Å²) in [5.41, 5.74) is 0.643. The average Bonchev–Trinajstić information content (AvgIpc) is 2.73. The molecule has 24 heavy (non-hydrogen) atoms. The Labute approximate surface area is 144 Å². The van der Waals surface area contributed by atoms with Crippen molar-refractivity contribution in [1.29, 1.82) is 0 Å². The number of carbonyl (C=O) groups is 1. The molecule has 1 aromatic rings. The number of hydrogen-bond acceptors (Lipinski definition) is 3. The standard InChI is InChI=1S/C18H27BFNO3/c1-6-21-16(22)12-11-15(20)13-7-9-14(10-8-13)19-23-17(2,3)18(4,5)24-19/h7-10,15H,6,11-12H2,1-5H3,(H,21,22)/t15-/m1/s1. The summed E-state index contributed by atoms with van der Waals surface area (Å²) in [7, 11) is -0.447. The predicted molar refractivity (Wildman–Crippen MR) is 93.9 cm³/mol. The molecule has 1 N–H and O–H groups in total. The van der Waals surface area contributed by atoms with E-state index in [0.29, 0.717) is 12.1 Å². The van der Waals surface area contributed by atoms with Gasteiger partial charge in [0.25, 0.3) is 0 Å². The molecule has 0 radical (unpaired) electrons. The van der Waals surface area contributed by atoms with Crippen molar-refractivity contribution in [3.63, 3.8) is 0 Å². The van der Waals surface area contributed by atoms with Gasteiger partial charge in [0.15, 0.2) is 0 Å². The van der Waals surface area contributed by atoms with E-state index in [2.05, 4.69) is 5.32 Å². The van der Waals surface area contributed by atoms with E-state index in [-0.39, 0.29) is 18.7 Å². The smallest absolute Gasteiger partial charge is 0.399 e. The minimum Gasteiger partial charge on any atom is -0.399 e. The Hall–Kier alpha value is -1.40. The van der Waals surface area contributed by atoms with Gasteiger partial charge in [-0.1, -0.05) is 24.3 Å². The number of amides is 1. The number of halogens is 1. The third-order valence-electron chi connectivity index (χ3n) is 4.82. The molecule has 1 aliphatic rings. The van der Waals surface area contributed by atoms with E-state index in [1.165, 1.54) is 0 Å². The van der Waals surface area contributed by atoms with Crippen molar-refractivity contribution in [3.8, 4) is 0 Å². The molecule has 0 saturated carbocycles. The van der Waals surface area contributed by atoms with Gasteiger partial charge < -0.3 is 14.6 Å². The van der Waals surface area contributed by atoms with E-state index in [1.807, 2.05) is 46.8 Å². The maximum Gasteiger partial charge on any atom is 0.494 e. The maximum absolute atomic E-state index is 14.2. The van der Waals surface area contributed by atoms with Gasteiger partial charge in [-0.25, -0.2) is 4.39 Å². The van der Waals surface area contributed by atoms with Crippen molar-refractivity contribution in [2.45, 2.75) is 64.8 Å². The molecule has 132 valence electrons. The minimum atomic E-state index is -1.15. The molecular weight excluding hydrogens is 308 g/mol. The van der Waals surface area contributed by atoms with E-state index < -0.39 is 24.5 Å². The van der Waals surface area contributed by atoms with Gasteiger partial charge in [0, 0.05) is 13.0 Å². The molecule has 0 aliphatic carbocycles. The lowest BCUT2D eigenvalue weighted by molar-refractivity contribution is -0.121. The zero-order valence-corrected chi connectivity index (χ0v) is 15.2. The van der Waals surface area contributed by atoms with Crippen LogP contribution in [0.2, 0.25) is 0 Å². The molecule has 2 rings (SSSR count). The van der Waals surface area contributed by atoms with Crippen molar-refractivity contribution in [1.82, 2.24) is 5.32 Å². The number of hydrogen-bond donors (Lipinski definition) is 1. The van der Waals surface area contributed by atoms with Gasteiger partial charge in [0.1, 0.15) is 6.17 Å². The molecular formula is C18H27BFNO3. The van der Waals surface area contributed by atoms with Crippen molar-refractivity contribution < 1.29 is 18.5 Å². The Morgan fingerprint density at radius 1 is 1.17 bits per heavy atom. The van der Waals surface area contributed by atoms with E-state index in [0.717, 1.165) is 5.46 Å². The fourth-order valence-corrected chi connectivity index (χ4v) is 2.55. The monoisotopic (exact) mass is 335 g/mol. The highest BCUT2D eigenvalue weighted by Gasteiger charge is 2.51. The first-order chi connectivity index (χ1) is 11.2. The molecule has 0 bridgehead atoms. The molecule has 1 amide bonds. The summed E-state index contributed by atoms with van der Waals surface area (Å²) in [6.45, 7) is 10.4. The average molecular weight is 335 g/mol. The lowest BCUT2D eigenvalue weighted by Crippen LogP contribution is -2.41. The van der Waals surface area contributed by atoms with Crippen LogP contribution in [0, 0.1) is 0 Å². The first-order valence-corrected chi connectivity index (χ1v) is 8.52. The lowest BCUT2D eigenvalue weighted by atomic mass is 9.78. The Kier molecular flexibility index (Phi) is 5.71. The van der Waals surface area contributed by atoms with Gasteiger partial charge in [-0.2, -0.15) is 0 Å². The number of nitrogens with one attached hydrogen (secondary N) is 1. The van der Waals surface area contributed by atoms with E-state index in [9.17, 15) is 9.18 Å². The van der Waals surface area contributed by atoms with Gasteiger partial charge >= 0.3 is 7.12 Å². The second-order valence-electron chi connectivity index (χ2n) is 7.21. The van der Waals surface area contributed by atoms with Crippen LogP contribution in [0.3, 0.4) is 0 Å². The molecule has 1 atom stereocenters. The second-order valence-corrected chi connectivity index (χ2v) is 7.21. The van der Waals surface area contributed by atoms with Crippen molar-refractivity contribution >= 4 is 18.5 Å². The number of alkyl halides is 1. The molecule has 0 unspecified atom stereocenters. The van der Waals surface area contributed by atoms with Crippen LogP contribution < -0.4 is 10.8 Å². The highest BCUT2D eigenvalue weighted by atomic mass is 19.1. The topological polar surface area (TPSA) is 47.6 Å². The van der Waals surface area contributed by atoms with Crippen LogP contribution in [0.15, 0.2) is 24.3 Å². The highest BCUT2D eigenvalue weighted by molar-refractivity contribution is 6.62. The van der Waals surface area contributed by atoms with Crippen LogP contribution in [0.25, 0.3) is 0 Å².